The van der Waals surface area contributed by atoms with Gasteiger partial charge in [-0.1, -0.05) is 37.8 Å². The van der Waals surface area contributed by atoms with E-state index in [1.54, 1.807) is 13.1 Å². The Hall–Kier alpha value is -2.83. The summed E-state index contributed by atoms with van der Waals surface area (Å²) in [7, 11) is 1.79. The zero-order chi connectivity index (χ0) is 19.1. The maximum Gasteiger partial charge on any atom is 0.191 e. The Bertz CT molecular complexity index is 798. The molecule has 7 nitrogen and oxygen atoms in total. The Labute approximate surface area is 160 Å². The molecule has 2 aromatic rings. The second-order valence-corrected chi connectivity index (χ2v) is 6.49. The number of aryl methyl sites for hydroxylation is 2. The van der Waals surface area contributed by atoms with Crippen LogP contribution in [0.25, 0.3) is 0 Å². The summed E-state index contributed by atoms with van der Waals surface area (Å²) in [6, 6.07) is 8.27. The van der Waals surface area contributed by atoms with Crippen molar-refractivity contribution in [3.63, 3.8) is 0 Å². The quantitative estimate of drug-likeness (QED) is 0.445. The van der Waals surface area contributed by atoms with E-state index >= 15 is 0 Å². The predicted octanol–water partition coefficient (Wildman–Crippen LogP) is 2.09. The molecular weight excluding hydrogens is 340 g/mol. The summed E-state index contributed by atoms with van der Waals surface area (Å²) >= 11 is 0. The zero-order valence-electron chi connectivity index (χ0n) is 16.1. The van der Waals surface area contributed by atoms with Gasteiger partial charge in [-0.2, -0.15) is 5.10 Å². The van der Waals surface area contributed by atoms with Crippen LogP contribution in [-0.2, 0) is 25.9 Å². The summed E-state index contributed by atoms with van der Waals surface area (Å²) in [5, 5.41) is 11.4. The fraction of sp³-hybridized carbons (Fsp3) is 0.450. The topological polar surface area (TPSA) is 76.4 Å². The van der Waals surface area contributed by atoms with E-state index in [0.29, 0.717) is 13.2 Å². The standard InChI is InChI=1S/C20H28N6O/c1-4-12-27-17-9-7-6-8-15(17)13-22-20(21-3)23-16-10-11-19-24-18(5-2)25-26(19)14-16/h4,6-9,16H,1,5,10-14H2,2-3H3,(H2,21,22,23). The van der Waals surface area contributed by atoms with Gasteiger partial charge in [0.1, 0.15) is 18.2 Å². The number of benzene rings is 1. The number of rotatable bonds is 7. The van der Waals surface area contributed by atoms with Crippen molar-refractivity contribution in [3.05, 3.63) is 54.1 Å². The molecule has 0 saturated heterocycles. The third-order valence-corrected chi connectivity index (χ3v) is 4.56. The van der Waals surface area contributed by atoms with E-state index in [9.17, 15) is 0 Å². The van der Waals surface area contributed by atoms with E-state index in [-0.39, 0.29) is 6.04 Å². The zero-order valence-corrected chi connectivity index (χ0v) is 16.1. The second kappa shape index (κ2) is 9.21. The van der Waals surface area contributed by atoms with E-state index in [0.717, 1.165) is 54.7 Å². The van der Waals surface area contributed by atoms with Gasteiger partial charge in [0.05, 0.1) is 6.54 Å². The summed E-state index contributed by atoms with van der Waals surface area (Å²) in [6.07, 6.45) is 4.56. The van der Waals surface area contributed by atoms with Gasteiger partial charge in [-0.25, -0.2) is 9.67 Å². The molecule has 0 bridgehead atoms. The number of hydrogen-bond donors (Lipinski definition) is 2. The molecule has 2 heterocycles. The Kier molecular flexibility index (Phi) is 6.46. The molecular formula is C20H28N6O. The number of hydrogen-bond acceptors (Lipinski definition) is 4. The maximum absolute atomic E-state index is 5.72. The van der Waals surface area contributed by atoms with E-state index in [1.165, 1.54) is 0 Å². The highest BCUT2D eigenvalue weighted by atomic mass is 16.5. The lowest BCUT2D eigenvalue weighted by Crippen LogP contribution is -2.46. The van der Waals surface area contributed by atoms with Crippen LogP contribution in [0.2, 0.25) is 0 Å². The molecule has 0 fully saturated rings. The van der Waals surface area contributed by atoms with Gasteiger partial charge in [0.2, 0.25) is 0 Å². The van der Waals surface area contributed by atoms with Gasteiger partial charge in [0, 0.05) is 38.0 Å². The lowest BCUT2D eigenvalue weighted by molar-refractivity contribution is 0.358. The van der Waals surface area contributed by atoms with Crippen LogP contribution in [0.1, 0.15) is 30.6 Å². The summed E-state index contributed by atoms with van der Waals surface area (Å²) < 4.78 is 7.74. The lowest BCUT2D eigenvalue weighted by atomic mass is 10.1. The molecule has 0 amide bonds. The number of nitrogens with zero attached hydrogens (tertiary/aromatic N) is 4. The number of aromatic nitrogens is 3. The maximum atomic E-state index is 5.72. The van der Waals surface area contributed by atoms with Gasteiger partial charge in [-0.05, 0) is 12.5 Å². The fourth-order valence-corrected chi connectivity index (χ4v) is 3.13. The van der Waals surface area contributed by atoms with Crippen LogP contribution in [0.4, 0.5) is 0 Å². The Morgan fingerprint density at radius 2 is 2.30 bits per heavy atom. The Balaban J connectivity index is 1.57. The van der Waals surface area contributed by atoms with Crippen LogP contribution < -0.4 is 15.4 Å². The molecule has 0 aliphatic carbocycles. The molecule has 0 radical (unpaired) electrons. The minimum Gasteiger partial charge on any atom is -0.489 e. The second-order valence-electron chi connectivity index (χ2n) is 6.49. The average Bonchev–Trinajstić information content (AvgIpc) is 3.12. The normalized spacial score (nSPS) is 16.5. The molecule has 1 unspecified atom stereocenters. The first-order valence-electron chi connectivity index (χ1n) is 9.44. The first-order chi connectivity index (χ1) is 13.2. The summed E-state index contributed by atoms with van der Waals surface area (Å²) in [4.78, 5) is 8.93. The van der Waals surface area contributed by atoms with Gasteiger partial charge >= 0.3 is 0 Å². The van der Waals surface area contributed by atoms with Crippen LogP contribution in [0.5, 0.6) is 5.75 Å². The molecule has 7 heteroatoms. The summed E-state index contributed by atoms with van der Waals surface area (Å²) in [5.74, 6) is 3.64. The highest BCUT2D eigenvalue weighted by Gasteiger charge is 2.22. The molecule has 0 saturated carbocycles. The van der Waals surface area contributed by atoms with Crippen molar-refractivity contribution in [1.29, 1.82) is 0 Å². The summed E-state index contributed by atoms with van der Waals surface area (Å²) in [5.41, 5.74) is 1.08. The first-order valence-corrected chi connectivity index (χ1v) is 9.44. The minimum atomic E-state index is 0.280. The fourth-order valence-electron chi connectivity index (χ4n) is 3.13. The molecule has 27 heavy (non-hydrogen) atoms. The van der Waals surface area contributed by atoms with Crippen molar-refractivity contribution in [3.8, 4) is 5.75 Å². The van der Waals surface area contributed by atoms with E-state index < -0.39 is 0 Å². The third-order valence-electron chi connectivity index (χ3n) is 4.56. The number of para-hydroxylation sites is 1. The Morgan fingerprint density at radius 3 is 3.07 bits per heavy atom. The lowest BCUT2D eigenvalue weighted by Gasteiger charge is -2.25. The van der Waals surface area contributed by atoms with E-state index in [2.05, 4.69) is 39.2 Å². The smallest absolute Gasteiger partial charge is 0.191 e. The van der Waals surface area contributed by atoms with Crippen molar-refractivity contribution in [1.82, 2.24) is 25.4 Å². The highest BCUT2D eigenvalue weighted by molar-refractivity contribution is 5.80. The molecule has 2 N–H and O–H groups in total. The van der Waals surface area contributed by atoms with Gasteiger partial charge in [0.15, 0.2) is 11.8 Å². The van der Waals surface area contributed by atoms with E-state index in [1.807, 2.05) is 28.9 Å². The monoisotopic (exact) mass is 368 g/mol. The average molecular weight is 368 g/mol. The predicted molar refractivity (Wildman–Crippen MR) is 107 cm³/mol. The van der Waals surface area contributed by atoms with Crippen molar-refractivity contribution >= 4 is 5.96 Å². The molecule has 1 aliphatic heterocycles. The number of ether oxygens (including phenoxy) is 1. The van der Waals surface area contributed by atoms with Crippen LogP contribution in [0.3, 0.4) is 0 Å². The highest BCUT2D eigenvalue weighted by Crippen LogP contribution is 2.18. The minimum absolute atomic E-state index is 0.280. The van der Waals surface area contributed by atoms with E-state index in [4.69, 9.17) is 4.74 Å². The number of aliphatic imine (C=N–C) groups is 1. The molecule has 1 aromatic carbocycles. The van der Waals surface area contributed by atoms with Gasteiger partial charge < -0.3 is 15.4 Å². The SMILES string of the molecule is C=CCOc1ccccc1CNC(=NC)NC1CCc2nc(CC)nn2C1. The number of guanidine groups is 1. The molecule has 3 rings (SSSR count). The number of fused-ring (bicyclic) bond motifs is 1. The van der Waals surface area contributed by atoms with Crippen LogP contribution >= 0.6 is 0 Å². The summed E-state index contributed by atoms with van der Waals surface area (Å²) in [6.45, 7) is 7.72. The molecule has 1 aliphatic rings. The van der Waals surface area contributed by atoms with Gasteiger partial charge in [0.25, 0.3) is 0 Å². The van der Waals surface area contributed by atoms with Crippen molar-refractivity contribution < 1.29 is 4.74 Å². The van der Waals surface area contributed by atoms with Crippen LogP contribution in [0, 0.1) is 0 Å². The van der Waals surface area contributed by atoms with Gasteiger partial charge in [-0.15, -0.1) is 0 Å². The van der Waals surface area contributed by atoms with Crippen molar-refractivity contribution in [2.75, 3.05) is 13.7 Å². The van der Waals surface area contributed by atoms with Crippen LogP contribution in [-0.4, -0.2) is 40.4 Å². The van der Waals surface area contributed by atoms with Crippen molar-refractivity contribution in [2.45, 2.75) is 45.3 Å². The molecule has 1 atom stereocenters. The Morgan fingerprint density at radius 1 is 1.44 bits per heavy atom. The van der Waals surface area contributed by atoms with Crippen molar-refractivity contribution in [2.24, 2.45) is 4.99 Å². The largest absolute Gasteiger partial charge is 0.489 e. The first kappa shape index (κ1) is 18.9. The molecule has 0 spiro atoms. The molecule has 144 valence electrons. The van der Waals surface area contributed by atoms with Crippen LogP contribution in [0.15, 0.2) is 41.9 Å². The third kappa shape index (κ3) is 4.87. The number of nitrogens with one attached hydrogen (secondary N) is 2. The molecule has 1 aromatic heterocycles. The van der Waals surface area contributed by atoms with Gasteiger partial charge in [-0.3, -0.25) is 4.99 Å².